The summed E-state index contributed by atoms with van der Waals surface area (Å²) in [4.78, 5) is 20.9. The number of ether oxygens (including phenoxy) is 1. The van der Waals surface area contributed by atoms with Gasteiger partial charge in [0.15, 0.2) is 0 Å². The van der Waals surface area contributed by atoms with Crippen LogP contribution in [0.25, 0.3) is 50.5 Å². The van der Waals surface area contributed by atoms with E-state index in [1.54, 1.807) is 0 Å². The topological polar surface area (TPSA) is 117 Å². The molecule has 0 saturated heterocycles. The van der Waals surface area contributed by atoms with Gasteiger partial charge in [0, 0.05) is 43.4 Å². The predicted molar refractivity (Wildman–Crippen MR) is 192 cm³/mol. The van der Waals surface area contributed by atoms with Gasteiger partial charge < -0.3 is 25.8 Å². The second kappa shape index (κ2) is 12.5. The second-order valence-electron chi connectivity index (χ2n) is 11.4. The first-order valence-electron chi connectivity index (χ1n) is 14.6. The van der Waals surface area contributed by atoms with Crippen molar-refractivity contribution in [3.8, 4) is 34.3 Å². The van der Waals surface area contributed by atoms with Crippen LogP contribution in [0.1, 0.15) is 38.8 Å². The number of fused-ring (bicyclic) bond motifs is 2. The van der Waals surface area contributed by atoms with Crippen LogP contribution in [0.4, 0.5) is 0 Å². The normalized spacial score (nSPS) is 12.0. The van der Waals surface area contributed by atoms with Gasteiger partial charge in [-0.2, -0.15) is 0 Å². The molecule has 0 atom stereocenters. The van der Waals surface area contributed by atoms with Crippen molar-refractivity contribution in [2.45, 2.75) is 39.8 Å². The highest BCUT2D eigenvalue weighted by atomic mass is 79.9. The van der Waals surface area contributed by atoms with Crippen molar-refractivity contribution < 1.29 is 4.74 Å². The minimum absolute atomic E-state index is 0.123. The van der Waals surface area contributed by atoms with Gasteiger partial charge in [0.05, 0.1) is 22.1 Å². The number of nitrogens with zero attached hydrogens (tertiary/aromatic N) is 3. The first kappa shape index (κ1) is 30.6. The van der Waals surface area contributed by atoms with Gasteiger partial charge in [-0.25, -0.2) is 9.97 Å². The van der Waals surface area contributed by atoms with E-state index in [2.05, 4.69) is 78.6 Å². The number of amidine groups is 1. The Labute approximate surface area is 278 Å². The van der Waals surface area contributed by atoms with Gasteiger partial charge >= 0.3 is 0 Å². The van der Waals surface area contributed by atoms with E-state index in [9.17, 15) is 0 Å². The Balaban J connectivity index is 1.20. The predicted octanol–water partition coefficient (Wildman–Crippen LogP) is 9.17. The second-order valence-corrected chi connectivity index (χ2v) is 13.1. The minimum Gasteiger partial charge on any atom is -0.457 e. The number of aromatic nitrogens is 4. The molecule has 4 aromatic carbocycles. The Morgan fingerprint density at radius 2 is 1.29 bits per heavy atom. The lowest BCUT2D eigenvalue weighted by Crippen LogP contribution is -2.20. The standard InChI is InChI=1S/C35H33Br2N7O/c1-18(2)39-20(5)21-6-12-29-31(14-21)43-34(41-29)25-10-8-23(16-27(25)36)45-24-9-11-26(28(37)17-24)35-42-30-13-7-22(15-32(30)44-35)33(38)40-19(3)4/h6-19,39H,5H2,1-4H3,(H2,38,40)(H,41,43)(H,42,44). The van der Waals surface area contributed by atoms with E-state index in [1.807, 2.05) is 80.6 Å². The van der Waals surface area contributed by atoms with Gasteiger partial charge in [-0.05, 0) is 132 Å². The first-order chi connectivity index (χ1) is 21.5. The fraction of sp³-hybridized carbons (Fsp3) is 0.171. The summed E-state index contributed by atoms with van der Waals surface area (Å²) in [7, 11) is 0. The van der Waals surface area contributed by atoms with Gasteiger partial charge in [-0.3, -0.25) is 4.99 Å². The molecule has 10 heteroatoms. The number of imidazole rings is 2. The molecule has 0 saturated carbocycles. The number of hydrogen-bond acceptors (Lipinski definition) is 5. The maximum atomic E-state index is 6.22. The molecule has 0 spiro atoms. The lowest BCUT2D eigenvalue weighted by molar-refractivity contribution is 0.482. The van der Waals surface area contributed by atoms with Crippen molar-refractivity contribution in [3.63, 3.8) is 0 Å². The Kier molecular flexibility index (Phi) is 8.52. The summed E-state index contributed by atoms with van der Waals surface area (Å²) in [5.41, 5.74) is 14.4. The summed E-state index contributed by atoms with van der Waals surface area (Å²) < 4.78 is 7.94. The van der Waals surface area contributed by atoms with Crippen LogP contribution in [0.15, 0.2) is 93.3 Å². The number of H-pyrrole nitrogens is 2. The number of halogens is 2. The number of hydrogen-bond donors (Lipinski definition) is 4. The maximum absolute atomic E-state index is 6.22. The highest BCUT2D eigenvalue weighted by Gasteiger charge is 2.14. The Hall–Kier alpha value is -4.41. The van der Waals surface area contributed by atoms with E-state index in [4.69, 9.17) is 20.4 Å². The van der Waals surface area contributed by atoms with Crippen molar-refractivity contribution in [3.05, 3.63) is 99.4 Å². The smallest absolute Gasteiger partial charge is 0.139 e. The van der Waals surface area contributed by atoms with E-state index in [0.717, 1.165) is 70.6 Å². The maximum Gasteiger partial charge on any atom is 0.139 e. The van der Waals surface area contributed by atoms with Gasteiger partial charge in [0.1, 0.15) is 29.0 Å². The SMILES string of the molecule is C=C(NC(C)C)c1ccc2nc(-c3ccc(Oc4ccc(-c5nc6ccc(C(N)=NC(C)C)cc6[nH]5)c(Br)c4)cc3Br)[nH]c2c1. The van der Waals surface area contributed by atoms with Crippen LogP contribution in [-0.2, 0) is 0 Å². The largest absolute Gasteiger partial charge is 0.457 e. The number of benzene rings is 4. The molecular formula is C35H33Br2N7O. The summed E-state index contributed by atoms with van der Waals surface area (Å²) in [6, 6.07) is 24.1. The molecule has 8 nitrogen and oxygen atoms in total. The molecule has 6 aromatic rings. The summed E-state index contributed by atoms with van der Waals surface area (Å²) >= 11 is 7.43. The summed E-state index contributed by atoms with van der Waals surface area (Å²) in [5.74, 6) is 3.40. The van der Waals surface area contributed by atoms with Crippen LogP contribution in [0, 0.1) is 0 Å². The summed E-state index contributed by atoms with van der Waals surface area (Å²) in [6.07, 6.45) is 0. The van der Waals surface area contributed by atoms with Crippen LogP contribution in [0.5, 0.6) is 11.5 Å². The van der Waals surface area contributed by atoms with Gasteiger partial charge in [0.2, 0.25) is 0 Å². The van der Waals surface area contributed by atoms with Gasteiger partial charge in [0.25, 0.3) is 0 Å². The average molecular weight is 728 g/mol. The molecule has 2 aromatic heterocycles. The van der Waals surface area contributed by atoms with Crippen LogP contribution < -0.4 is 15.8 Å². The molecule has 0 radical (unpaired) electrons. The van der Waals surface area contributed by atoms with E-state index < -0.39 is 0 Å². The van der Waals surface area contributed by atoms with Crippen molar-refractivity contribution in [1.29, 1.82) is 0 Å². The molecule has 0 amide bonds. The van der Waals surface area contributed by atoms with Crippen molar-refractivity contribution in [1.82, 2.24) is 25.3 Å². The third-order valence-corrected chi connectivity index (χ3v) is 8.41. The van der Waals surface area contributed by atoms with E-state index in [1.165, 1.54) is 0 Å². The highest BCUT2D eigenvalue weighted by molar-refractivity contribution is 9.11. The average Bonchev–Trinajstić information content (AvgIpc) is 3.60. The molecule has 2 heterocycles. The first-order valence-corrected chi connectivity index (χ1v) is 16.2. The van der Waals surface area contributed by atoms with E-state index in [-0.39, 0.29) is 6.04 Å². The monoisotopic (exact) mass is 725 g/mol. The lowest BCUT2D eigenvalue weighted by Gasteiger charge is -2.12. The molecule has 5 N–H and O–H groups in total. The van der Waals surface area contributed by atoms with Gasteiger partial charge in [-0.15, -0.1) is 0 Å². The van der Waals surface area contributed by atoms with Crippen LogP contribution in [0.3, 0.4) is 0 Å². The third-order valence-electron chi connectivity index (χ3n) is 7.10. The summed E-state index contributed by atoms with van der Waals surface area (Å²) in [5, 5.41) is 3.36. The van der Waals surface area contributed by atoms with E-state index in [0.29, 0.717) is 23.4 Å². The number of aromatic amines is 2. The molecule has 45 heavy (non-hydrogen) atoms. The molecule has 0 aliphatic rings. The van der Waals surface area contributed by atoms with Crippen LogP contribution in [-0.4, -0.2) is 37.9 Å². The quantitative estimate of drug-likeness (QED) is 0.0876. The third kappa shape index (κ3) is 6.67. The zero-order chi connectivity index (χ0) is 31.8. The molecule has 6 rings (SSSR count). The number of rotatable bonds is 9. The molecule has 0 unspecified atom stereocenters. The molecule has 228 valence electrons. The minimum atomic E-state index is 0.123. The Morgan fingerprint density at radius 3 is 1.78 bits per heavy atom. The molecule has 0 aliphatic heterocycles. The Bertz CT molecular complexity index is 2090. The fourth-order valence-electron chi connectivity index (χ4n) is 5.04. The van der Waals surface area contributed by atoms with Crippen LogP contribution >= 0.6 is 31.9 Å². The van der Waals surface area contributed by atoms with Gasteiger partial charge in [-0.1, -0.05) is 12.6 Å². The summed E-state index contributed by atoms with van der Waals surface area (Å²) in [6.45, 7) is 12.4. The van der Waals surface area contributed by atoms with Crippen LogP contribution in [0.2, 0.25) is 0 Å². The van der Waals surface area contributed by atoms with Crippen molar-refractivity contribution >= 4 is 65.5 Å². The molecule has 0 bridgehead atoms. The highest BCUT2D eigenvalue weighted by Crippen LogP contribution is 2.36. The van der Waals surface area contributed by atoms with Crippen molar-refractivity contribution in [2.24, 2.45) is 10.7 Å². The van der Waals surface area contributed by atoms with Crippen molar-refractivity contribution in [2.75, 3.05) is 0 Å². The fourth-order valence-corrected chi connectivity index (χ4v) is 6.14. The zero-order valence-corrected chi connectivity index (χ0v) is 28.5. The molecule has 0 fully saturated rings. The lowest BCUT2D eigenvalue weighted by atomic mass is 10.1. The Morgan fingerprint density at radius 1 is 0.778 bits per heavy atom. The molecular weight excluding hydrogens is 694 g/mol. The molecule has 0 aliphatic carbocycles. The number of nitrogens with one attached hydrogen (secondary N) is 3. The number of nitrogens with two attached hydrogens (primary N) is 1. The zero-order valence-electron chi connectivity index (χ0n) is 25.4. The van der Waals surface area contributed by atoms with E-state index >= 15 is 0 Å². The number of aliphatic imine (C=N–C) groups is 1.